The molecule has 0 aliphatic rings. The number of carbonyl (C=O) groups is 2. The summed E-state index contributed by atoms with van der Waals surface area (Å²) in [5, 5.41) is 15.9. The third-order valence-electron chi connectivity index (χ3n) is 2.20. The van der Waals surface area contributed by atoms with Crippen LogP contribution in [-0.2, 0) is 13.1 Å². The van der Waals surface area contributed by atoms with Gasteiger partial charge in [-0.25, -0.2) is 14.6 Å². The number of aromatic carboxylic acids is 1. The molecule has 0 saturated heterocycles. The smallest absolute Gasteiger partial charge is 0.355 e. The summed E-state index contributed by atoms with van der Waals surface area (Å²) in [6.45, 7) is 0.551. The SMILES string of the molecule is O=C(NCc1ccoc1)NCc1nc(C(=O)O)cs1. The van der Waals surface area contributed by atoms with E-state index in [9.17, 15) is 9.59 Å². The summed E-state index contributed by atoms with van der Waals surface area (Å²) in [4.78, 5) is 25.9. The first-order chi connectivity index (χ1) is 9.15. The van der Waals surface area contributed by atoms with Crippen LogP contribution in [0.25, 0.3) is 0 Å². The predicted molar refractivity (Wildman–Crippen MR) is 66.9 cm³/mol. The van der Waals surface area contributed by atoms with Crippen molar-refractivity contribution in [1.82, 2.24) is 15.6 Å². The number of hydrogen-bond acceptors (Lipinski definition) is 5. The number of nitrogens with zero attached hydrogens (tertiary/aromatic N) is 1. The molecule has 0 atom stereocenters. The molecule has 100 valence electrons. The Morgan fingerprint density at radius 1 is 1.37 bits per heavy atom. The minimum Gasteiger partial charge on any atom is -0.476 e. The molecule has 7 nitrogen and oxygen atoms in total. The highest BCUT2D eigenvalue weighted by molar-refractivity contribution is 7.09. The molecule has 2 rings (SSSR count). The zero-order valence-corrected chi connectivity index (χ0v) is 10.6. The van der Waals surface area contributed by atoms with Crippen molar-refractivity contribution in [1.29, 1.82) is 0 Å². The van der Waals surface area contributed by atoms with Crippen molar-refractivity contribution in [2.45, 2.75) is 13.1 Å². The Balaban J connectivity index is 1.75. The molecular weight excluding hydrogens is 270 g/mol. The van der Waals surface area contributed by atoms with Crippen molar-refractivity contribution >= 4 is 23.3 Å². The molecule has 8 heteroatoms. The Morgan fingerprint density at radius 2 is 2.16 bits per heavy atom. The van der Waals surface area contributed by atoms with Gasteiger partial charge in [0.15, 0.2) is 5.69 Å². The molecule has 2 aromatic rings. The normalized spacial score (nSPS) is 10.1. The Hall–Kier alpha value is -2.35. The largest absolute Gasteiger partial charge is 0.476 e. The number of nitrogens with one attached hydrogen (secondary N) is 2. The highest BCUT2D eigenvalue weighted by Gasteiger charge is 2.09. The van der Waals surface area contributed by atoms with Crippen LogP contribution in [0.4, 0.5) is 4.79 Å². The number of rotatable bonds is 5. The van der Waals surface area contributed by atoms with Crippen molar-refractivity contribution in [2.24, 2.45) is 0 Å². The Kier molecular flexibility index (Phi) is 4.14. The fourth-order valence-corrected chi connectivity index (χ4v) is 1.99. The molecular formula is C11H11N3O4S. The average Bonchev–Trinajstić information content (AvgIpc) is 3.05. The Bertz CT molecular complexity index is 564. The Morgan fingerprint density at radius 3 is 2.79 bits per heavy atom. The third kappa shape index (κ3) is 3.81. The maximum absolute atomic E-state index is 11.5. The van der Waals surface area contributed by atoms with Crippen LogP contribution in [-0.4, -0.2) is 22.1 Å². The van der Waals surface area contributed by atoms with E-state index >= 15 is 0 Å². The van der Waals surface area contributed by atoms with Crippen LogP contribution in [0.15, 0.2) is 28.4 Å². The van der Waals surface area contributed by atoms with Crippen molar-refractivity contribution in [2.75, 3.05) is 0 Å². The van der Waals surface area contributed by atoms with E-state index in [0.29, 0.717) is 11.6 Å². The highest BCUT2D eigenvalue weighted by atomic mass is 32.1. The number of aromatic nitrogens is 1. The van der Waals surface area contributed by atoms with Gasteiger partial charge >= 0.3 is 12.0 Å². The summed E-state index contributed by atoms with van der Waals surface area (Å²) in [6, 6.07) is 1.40. The van der Waals surface area contributed by atoms with Gasteiger partial charge < -0.3 is 20.2 Å². The molecule has 0 saturated carbocycles. The van der Waals surface area contributed by atoms with Crippen molar-refractivity contribution < 1.29 is 19.1 Å². The maximum atomic E-state index is 11.5. The highest BCUT2D eigenvalue weighted by Crippen LogP contribution is 2.09. The third-order valence-corrected chi connectivity index (χ3v) is 3.05. The van der Waals surface area contributed by atoms with Crippen LogP contribution in [0.3, 0.4) is 0 Å². The molecule has 0 spiro atoms. The second-order valence-corrected chi connectivity index (χ2v) is 4.54. The fraction of sp³-hybridized carbons (Fsp3) is 0.182. The van der Waals surface area contributed by atoms with Crippen molar-refractivity contribution in [3.8, 4) is 0 Å². The molecule has 0 fully saturated rings. The van der Waals surface area contributed by atoms with Crippen LogP contribution < -0.4 is 10.6 Å². The molecule has 19 heavy (non-hydrogen) atoms. The van der Waals surface area contributed by atoms with E-state index in [2.05, 4.69) is 15.6 Å². The molecule has 3 N–H and O–H groups in total. The molecule has 0 radical (unpaired) electrons. The van der Waals surface area contributed by atoms with E-state index in [0.717, 1.165) is 5.56 Å². The lowest BCUT2D eigenvalue weighted by atomic mass is 10.3. The number of amides is 2. The van der Waals surface area contributed by atoms with E-state index in [4.69, 9.17) is 9.52 Å². The van der Waals surface area contributed by atoms with Gasteiger partial charge in [-0.05, 0) is 6.07 Å². The monoisotopic (exact) mass is 281 g/mol. The van der Waals surface area contributed by atoms with Gasteiger partial charge in [0.25, 0.3) is 0 Å². The first-order valence-corrected chi connectivity index (χ1v) is 6.23. The number of carboxylic acid groups (broad SMARTS) is 1. The summed E-state index contributed by atoms with van der Waals surface area (Å²) in [6.07, 6.45) is 3.07. The summed E-state index contributed by atoms with van der Waals surface area (Å²) in [5.74, 6) is -1.08. The summed E-state index contributed by atoms with van der Waals surface area (Å²) in [5.41, 5.74) is 0.846. The minimum atomic E-state index is -1.08. The van der Waals surface area contributed by atoms with Gasteiger partial charge in [0.1, 0.15) is 5.01 Å². The fourth-order valence-electron chi connectivity index (χ4n) is 1.28. The lowest BCUT2D eigenvalue weighted by Gasteiger charge is -2.04. The number of carboxylic acids is 1. The van der Waals surface area contributed by atoms with Crippen LogP contribution in [0, 0.1) is 0 Å². The van der Waals surface area contributed by atoms with Gasteiger partial charge in [-0.15, -0.1) is 11.3 Å². The minimum absolute atomic E-state index is 0.0133. The maximum Gasteiger partial charge on any atom is 0.355 e. The molecule has 2 aromatic heterocycles. The van der Waals surface area contributed by atoms with E-state index in [1.807, 2.05) is 0 Å². The standard InChI is InChI=1S/C11H11N3O4S/c15-10(16)8-6-19-9(14-8)4-13-11(17)12-3-7-1-2-18-5-7/h1-2,5-6H,3-4H2,(H,15,16)(H2,12,13,17). The average molecular weight is 281 g/mol. The van der Waals surface area contributed by atoms with E-state index in [-0.39, 0.29) is 18.3 Å². The quantitative estimate of drug-likeness (QED) is 0.769. The number of furan rings is 1. The zero-order chi connectivity index (χ0) is 13.7. The van der Waals surface area contributed by atoms with Crippen LogP contribution in [0.1, 0.15) is 21.1 Å². The molecule has 2 heterocycles. The van der Waals surface area contributed by atoms with Crippen LogP contribution in [0.2, 0.25) is 0 Å². The molecule has 0 aliphatic carbocycles. The van der Waals surface area contributed by atoms with Crippen molar-refractivity contribution in [3.63, 3.8) is 0 Å². The number of urea groups is 1. The summed E-state index contributed by atoms with van der Waals surface area (Å²) >= 11 is 1.19. The molecule has 0 unspecified atom stereocenters. The topological polar surface area (TPSA) is 104 Å². The molecule has 0 aromatic carbocycles. The van der Waals surface area contributed by atoms with E-state index < -0.39 is 5.97 Å². The number of hydrogen-bond donors (Lipinski definition) is 3. The second kappa shape index (κ2) is 6.01. The second-order valence-electron chi connectivity index (χ2n) is 3.60. The first kappa shape index (κ1) is 13.1. The summed E-state index contributed by atoms with van der Waals surface area (Å²) < 4.78 is 4.87. The molecule has 2 amide bonds. The van der Waals surface area contributed by atoms with Gasteiger partial charge in [-0.3, -0.25) is 0 Å². The molecule has 0 bridgehead atoms. The van der Waals surface area contributed by atoms with Gasteiger partial charge in [0, 0.05) is 17.5 Å². The zero-order valence-electron chi connectivity index (χ0n) is 9.75. The first-order valence-electron chi connectivity index (χ1n) is 5.35. The lowest BCUT2D eigenvalue weighted by Crippen LogP contribution is -2.34. The van der Waals surface area contributed by atoms with Crippen LogP contribution in [0.5, 0.6) is 0 Å². The number of thiazole rings is 1. The lowest BCUT2D eigenvalue weighted by molar-refractivity contribution is 0.0691. The van der Waals surface area contributed by atoms with E-state index in [1.54, 1.807) is 12.3 Å². The van der Waals surface area contributed by atoms with Gasteiger partial charge in [0.05, 0.1) is 19.1 Å². The molecule has 0 aliphatic heterocycles. The summed E-state index contributed by atoms with van der Waals surface area (Å²) in [7, 11) is 0. The van der Waals surface area contributed by atoms with E-state index in [1.165, 1.54) is 23.0 Å². The predicted octanol–water partition coefficient (Wildman–Crippen LogP) is 1.43. The van der Waals surface area contributed by atoms with Gasteiger partial charge in [-0.2, -0.15) is 0 Å². The Labute approximate surface area is 112 Å². The van der Waals surface area contributed by atoms with Crippen LogP contribution >= 0.6 is 11.3 Å². The van der Waals surface area contributed by atoms with Gasteiger partial charge in [0.2, 0.25) is 0 Å². The number of carbonyl (C=O) groups excluding carboxylic acids is 1. The van der Waals surface area contributed by atoms with Crippen molar-refractivity contribution in [3.05, 3.63) is 40.2 Å². The van der Waals surface area contributed by atoms with Gasteiger partial charge in [-0.1, -0.05) is 0 Å².